The number of thiophene rings is 1. The van der Waals surface area contributed by atoms with Crippen molar-refractivity contribution in [2.24, 2.45) is 0 Å². The Hall–Kier alpha value is -1.66. The average Bonchev–Trinajstić information content (AvgIpc) is 2.97. The molecule has 0 N–H and O–H groups in total. The third-order valence-corrected chi connectivity index (χ3v) is 5.36. The van der Waals surface area contributed by atoms with Crippen LogP contribution in [-0.4, -0.2) is 32.5 Å². The molecule has 0 unspecified atom stereocenters. The summed E-state index contributed by atoms with van der Waals surface area (Å²) in [6, 6.07) is 10.7. The minimum atomic E-state index is -3.11. The molecule has 22 heavy (non-hydrogen) atoms. The van der Waals surface area contributed by atoms with Crippen LogP contribution in [0.2, 0.25) is 0 Å². The summed E-state index contributed by atoms with van der Waals surface area (Å²) in [5, 5.41) is 1.98. The zero-order chi connectivity index (χ0) is 16.3. The largest absolute Gasteiger partial charge is 0.334 e. The molecule has 0 spiro atoms. The van der Waals surface area contributed by atoms with Crippen molar-refractivity contribution < 1.29 is 13.2 Å². The standard InChI is InChI=1S/C16H19NO3S2/c1-12(15-8-5-9-21-15)17(2)16(18)14-7-4-6-13(10-14)11-22(3,19)20/h4-10,12H,11H2,1-3H3/t12-/m1/s1. The molecule has 4 nitrogen and oxygen atoms in total. The fourth-order valence-corrected chi connectivity index (χ4v) is 3.81. The van der Waals surface area contributed by atoms with Crippen molar-refractivity contribution >= 4 is 27.1 Å². The highest BCUT2D eigenvalue weighted by molar-refractivity contribution is 7.89. The van der Waals surface area contributed by atoms with E-state index in [1.165, 1.54) is 6.26 Å². The summed E-state index contributed by atoms with van der Waals surface area (Å²) in [6.45, 7) is 1.98. The lowest BCUT2D eigenvalue weighted by Crippen LogP contribution is -2.29. The Labute approximate surface area is 135 Å². The normalized spacial score (nSPS) is 12.9. The second-order valence-electron chi connectivity index (χ2n) is 5.38. The Kier molecular flexibility index (Phi) is 5.03. The number of rotatable bonds is 5. The summed E-state index contributed by atoms with van der Waals surface area (Å²) in [7, 11) is -1.36. The molecular weight excluding hydrogens is 318 g/mol. The van der Waals surface area contributed by atoms with Gasteiger partial charge >= 0.3 is 0 Å². The maximum Gasteiger partial charge on any atom is 0.254 e. The molecule has 2 rings (SSSR count). The predicted octanol–water partition coefficient (Wildman–Crippen LogP) is 3.13. The van der Waals surface area contributed by atoms with Crippen LogP contribution in [0.4, 0.5) is 0 Å². The first kappa shape index (κ1) is 16.7. The second-order valence-corrected chi connectivity index (χ2v) is 8.50. The summed E-state index contributed by atoms with van der Waals surface area (Å²) < 4.78 is 22.8. The van der Waals surface area contributed by atoms with Crippen LogP contribution in [-0.2, 0) is 15.6 Å². The van der Waals surface area contributed by atoms with Gasteiger partial charge in [-0.15, -0.1) is 11.3 Å². The zero-order valence-corrected chi connectivity index (χ0v) is 14.4. The Bertz CT molecular complexity index is 751. The van der Waals surface area contributed by atoms with Gasteiger partial charge in [0, 0.05) is 23.7 Å². The van der Waals surface area contributed by atoms with E-state index in [1.54, 1.807) is 47.5 Å². The highest BCUT2D eigenvalue weighted by Crippen LogP contribution is 2.25. The van der Waals surface area contributed by atoms with E-state index in [-0.39, 0.29) is 17.7 Å². The monoisotopic (exact) mass is 337 g/mol. The Morgan fingerprint density at radius 3 is 2.59 bits per heavy atom. The van der Waals surface area contributed by atoms with Gasteiger partial charge in [-0.05, 0) is 36.1 Å². The van der Waals surface area contributed by atoms with Crippen molar-refractivity contribution in [2.75, 3.05) is 13.3 Å². The van der Waals surface area contributed by atoms with Crippen LogP contribution >= 0.6 is 11.3 Å². The van der Waals surface area contributed by atoms with Crippen molar-refractivity contribution in [3.8, 4) is 0 Å². The fourth-order valence-electron chi connectivity index (χ4n) is 2.20. The summed E-state index contributed by atoms with van der Waals surface area (Å²) in [6.07, 6.45) is 1.19. The van der Waals surface area contributed by atoms with Crippen molar-refractivity contribution in [1.29, 1.82) is 0 Å². The van der Waals surface area contributed by atoms with E-state index in [0.717, 1.165) is 4.88 Å². The maximum atomic E-state index is 12.6. The first-order valence-electron chi connectivity index (χ1n) is 6.85. The minimum absolute atomic E-state index is 0.0222. The van der Waals surface area contributed by atoms with Crippen LogP contribution < -0.4 is 0 Å². The van der Waals surface area contributed by atoms with Gasteiger partial charge in [-0.3, -0.25) is 4.79 Å². The Morgan fingerprint density at radius 1 is 1.27 bits per heavy atom. The number of benzene rings is 1. The Balaban J connectivity index is 2.20. The van der Waals surface area contributed by atoms with E-state index in [9.17, 15) is 13.2 Å². The van der Waals surface area contributed by atoms with Crippen molar-refractivity contribution in [2.45, 2.75) is 18.7 Å². The van der Waals surface area contributed by atoms with Gasteiger partial charge in [0.1, 0.15) is 0 Å². The molecule has 0 saturated carbocycles. The number of carbonyl (C=O) groups is 1. The van der Waals surface area contributed by atoms with Crippen LogP contribution in [0.5, 0.6) is 0 Å². The molecular formula is C16H19NO3S2. The van der Waals surface area contributed by atoms with Crippen LogP contribution in [0.1, 0.15) is 33.8 Å². The van der Waals surface area contributed by atoms with Gasteiger partial charge < -0.3 is 4.90 Å². The molecule has 118 valence electrons. The molecule has 0 aliphatic carbocycles. The molecule has 0 aliphatic rings. The van der Waals surface area contributed by atoms with E-state index in [0.29, 0.717) is 11.1 Å². The van der Waals surface area contributed by atoms with E-state index in [2.05, 4.69) is 0 Å². The minimum Gasteiger partial charge on any atom is -0.334 e. The molecule has 2 aromatic rings. The summed E-state index contributed by atoms with van der Waals surface area (Å²) in [5.41, 5.74) is 1.14. The SMILES string of the molecule is C[C@H](c1cccs1)N(C)C(=O)c1cccc(CS(C)(=O)=O)c1. The van der Waals surface area contributed by atoms with Crippen LogP contribution in [0.15, 0.2) is 41.8 Å². The third kappa shape index (κ3) is 4.18. The maximum absolute atomic E-state index is 12.6. The summed E-state index contributed by atoms with van der Waals surface area (Å²) >= 11 is 1.61. The highest BCUT2D eigenvalue weighted by Gasteiger charge is 2.20. The van der Waals surface area contributed by atoms with Gasteiger partial charge in [-0.2, -0.15) is 0 Å². The zero-order valence-electron chi connectivity index (χ0n) is 12.8. The molecule has 0 saturated heterocycles. The number of hydrogen-bond acceptors (Lipinski definition) is 4. The fraction of sp³-hybridized carbons (Fsp3) is 0.312. The van der Waals surface area contributed by atoms with Crippen LogP contribution in [0.25, 0.3) is 0 Å². The lowest BCUT2D eigenvalue weighted by molar-refractivity contribution is 0.0745. The van der Waals surface area contributed by atoms with Gasteiger partial charge in [-0.1, -0.05) is 18.2 Å². The summed E-state index contributed by atoms with van der Waals surface area (Å²) in [4.78, 5) is 15.4. The average molecular weight is 337 g/mol. The molecule has 1 aromatic heterocycles. The van der Waals surface area contributed by atoms with E-state index >= 15 is 0 Å². The lowest BCUT2D eigenvalue weighted by atomic mass is 10.1. The van der Waals surface area contributed by atoms with E-state index in [4.69, 9.17) is 0 Å². The second kappa shape index (κ2) is 6.62. The van der Waals surface area contributed by atoms with Crippen molar-refractivity contribution in [3.63, 3.8) is 0 Å². The topological polar surface area (TPSA) is 54.5 Å². The predicted molar refractivity (Wildman–Crippen MR) is 89.8 cm³/mol. The van der Waals surface area contributed by atoms with Gasteiger partial charge in [0.05, 0.1) is 11.8 Å². The smallest absolute Gasteiger partial charge is 0.254 e. The van der Waals surface area contributed by atoms with Crippen LogP contribution in [0.3, 0.4) is 0 Å². The van der Waals surface area contributed by atoms with E-state index in [1.807, 2.05) is 24.4 Å². The number of amides is 1. The van der Waals surface area contributed by atoms with E-state index < -0.39 is 9.84 Å². The molecule has 0 radical (unpaired) electrons. The first-order chi connectivity index (χ1) is 10.3. The molecule has 1 heterocycles. The molecule has 0 aliphatic heterocycles. The van der Waals surface area contributed by atoms with Gasteiger partial charge in [0.15, 0.2) is 9.84 Å². The van der Waals surface area contributed by atoms with Crippen molar-refractivity contribution in [3.05, 3.63) is 57.8 Å². The molecule has 0 fully saturated rings. The number of hydrogen-bond donors (Lipinski definition) is 0. The van der Waals surface area contributed by atoms with Crippen molar-refractivity contribution in [1.82, 2.24) is 4.90 Å². The van der Waals surface area contributed by atoms with Crippen LogP contribution in [0, 0.1) is 0 Å². The highest BCUT2D eigenvalue weighted by atomic mass is 32.2. The number of sulfone groups is 1. The molecule has 1 aromatic carbocycles. The van der Waals surface area contributed by atoms with Gasteiger partial charge in [0.25, 0.3) is 5.91 Å². The number of carbonyl (C=O) groups excluding carboxylic acids is 1. The quantitative estimate of drug-likeness (QED) is 0.842. The lowest BCUT2D eigenvalue weighted by Gasteiger charge is -2.24. The third-order valence-electron chi connectivity index (χ3n) is 3.46. The first-order valence-corrected chi connectivity index (χ1v) is 9.79. The molecule has 1 amide bonds. The number of nitrogens with zero attached hydrogens (tertiary/aromatic N) is 1. The van der Waals surface area contributed by atoms with Gasteiger partial charge in [-0.25, -0.2) is 8.42 Å². The summed E-state index contributed by atoms with van der Waals surface area (Å²) in [5.74, 6) is -0.172. The Morgan fingerprint density at radius 2 is 2.00 bits per heavy atom. The molecule has 6 heteroatoms. The molecule has 0 bridgehead atoms. The molecule has 1 atom stereocenters. The van der Waals surface area contributed by atoms with Gasteiger partial charge in [0.2, 0.25) is 0 Å².